The summed E-state index contributed by atoms with van der Waals surface area (Å²) in [6.45, 7) is 6.56. The van der Waals surface area contributed by atoms with Crippen molar-refractivity contribution in [1.29, 1.82) is 0 Å². The van der Waals surface area contributed by atoms with Crippen LogP contribution in [0.1, 0.15) is 25.0 Å². The van der Waals surface area contributed by atoms with Gasteiger partial charge in [-0.15, -0.1) is 0 Å². The zero-order valence-corrected chi connectivity index (χ0v) is 15.6. The fourth-order valence-corrected chi connectivity index (χ4v) is 4.38. The van der Waals surface area contributed by atoms with Crippen molar-refractivity contribution < 1.29 is 13.9 Å². The number of H-pyrrole nitrogens is 1. The number of aliphatic hydroxyl groups is 1. The standard InChI is InChI=1S/C21H23F2N3O/c1-11-8-26-20-18(11)15(4-5-25-20)14-6-16(22)19(17(23)7-14)21(27)12(2)9-24-10-13(21)3/h4-8,12-13,24,27H,9-10H2,1-3H3,(H,25,26)/t12-,13+,21?. The van der Waals surface area contributed by atoms with Gasteiger partial charge in [0.2, 0.25) is 0 Å². The van der Waals surface area contributed by atoms with Crippen LogP contribution in [0.2, 0.25) is 0 Å². The largest absolute Gasteiger partial charge is 0.384 e. The molecule has 4 nitrogen and oxygen atoms in total. The van der Waals surface area contributed by atoms with Gasteiger partial charge in [-0.2, -0.15) is 0 Å². The number of pyridine rings is 1. The Labute approximate surface area is 156 Å². The maximum atomic E-state index is 15.2. The molecule has 3 heterocycles. The van der Waals surface area contributed by atoms with Gasteiger partial charge < -0.3 is 15.4 Å². The first kappa shape index (κ1) is 18.1. The van der Waals surface area contributed by atoms with Crippen LogP contribution in [0.3, 0.4) is 0 Å². The van der Waals surface area contributed by atoms with Crippen molar-refractivity contribution in [3.05, 3.63) is 53.4 Å². The van der Waals surface area contributed by atoms with Gasteiger partial charge in [-0.3, -0.25) is 0 Å². The summed E-state index contributed by atoms with van der Waals surface area (Å²) in [5.74, 6) is -2.05. The lowest BCUT2D eigenvalue weighted by atomic mass is 9.71. The Bertz CT molecular complexity index is 981. The lowest BCUT2D eigenvalue weighted by molar-refractivity contribution is -0.0856. The Kier molecular flexibility index (Phi) is 4.28. The normalized spacial score (nSPS) is 25.9. The number of aromatic amines is 1. The van der Waals surface area contributed by atoms with E-state index >= 15 is 8.78 Å². The molecular formula is C21H23F2N3O. The molecular weight excluding hydrogens is 348 g/mol. The number of rotatable bonds is 2. The molecule has 1 aliphatic rings. The number of piperidine rings is 1. The van der Waals surface area contributed by atoms with Crippen LogP contribution in [0.25, 0.3) is 22.2 Å². The van der Waals surface area contributed by atoms with Gasteiger partial charge in [-0.1, -0.05) is 13.8 Å². The van der Waals surface area contributed by atoms with Crippen LogP contribution in [0.5, 0.6) is 0 Å². The summed E-state index contributed by atoms with van der Waals surface area (Å²) < 4.78 is 30.3. The van der Waals surface area contributed by atoms with Crippen LogP contribution < -0.4 is 5.32 Å². The second kappa shape index (κ2) is 6.39. The molecule has 0 radical (unpaired) electrons. The van der Waals surface area contributed by atoms with Crippen molar-refractivity contribution in [2.24, 2.45) is 11.8 Å². The molecule has 6 heteroatoms. The van der Waals surface area contributed by atoms with E-state index in [0.717, 1.165) is 10.9 Å². The number of nitrogens with one attached hydrogen (secondary N) is 2. The molecule has 0 saturated carbocycles. The minimum absolute atomic E-state index is 0.233. The number of halogens is 2. The highest BCUT2D eigenvalue weighted by atomic mass is 19.1. The molecule has 3 atom stereocenters. The smallest absolute Gasteiger partial charge is 0.138 e. The second-order valence-corrected chi connectivity index (χ2v) is 7.65. The topological polar surface area (TPSA) is 60.9 Å². The Morgan fingerprint density at radius 2 is 1.78 bits per heavy atom. The summed E-state index contributed by atoms with van der Waals surface area (Å²) in [4.78, 5) is 7.33. The third-order valence-corrected chi connectivity index (χ3v) is 5.93. The molecule has 1 saturated heterocycles. The minimum Gasteiger partial charge on any atom is -0.384 e. The molecule has 27 heavy (non-hydrogen) atoms. The molecule has 1 unspecified atom stereocenters. The summed E-state index contributed by atoms with van der Waals surface area (Å²) in [7, 11) is 0. The number of fused-ring (bicyclic) bond motifs is 1. The van der Waals surface area contributed by atoms with Gasteiger partial charge in [0, 0.05) is 42.7 Å². The molecule has 0 aliphatic carbocycles. The van der Waals surface area contributed by atoms with Gasteiger partial charge in [0.15, 0.2) is 0 Å². The van der Waals surface area contributed by atoms with E-state index in [4.69, 9.17) is 0 Å². The lowest BCUT2D eigenvalue weighted by Crippen LogP contribution is -2.53. The third-order valence-electron chi connectivity index (χ3n) is 5.93. The Hall–Kier alpha value is -2.31. The highest BCUT2D eigenvalue weighted by Gasteiger charge is 2.46. The molecule has 4 rings (SSSR count). The van der Waals surface area contributed by atoms with Crippen LogP contribution in [-0.2, 0) is 5.60 Å². The summed E-state index contributed by atoms with van der Waals surface area (Å²) >= 11 is 0. The van der Waals surface area contributed by atoms with Crippen molar-refractivity contribution in [2.75, 3.05) is 13.1 Å². The summed E-state index contributed by atoms with van der Waals surface area (Å²) in [5.41, 5.74) is 0.994. The molecule has 1 fully saturated rings. The number of benzene rings is 1. The molecule has 1 aromatic carbocycles. The summed E-state index contributed by atoms with van der Waals surface area (Å²) in [6, 6.07) is 4.39. The first-order valence-electron chi connectivity index (χ1n) is 9.19. The van der Waals surface area contributed by atoms with E-state index in [2.05, 4.69) is 15.3 Å². The van der Waals surface area contributed by atoms with Crippen molar-refractivity contribution in [1.82, 2.24) is 15.3 Å². The maximum absolute atomic E-state index is 15.2. The first-order chi connectivity index (χ1) is 12.8. The van der Waals surface area contributed by atoms with E-state index in [-0.39, 0.29) is 17.4 Å². The Morgan fingerprint density at radius 3 is 2.41 bits per heavy atom. The van der Waals surface area contributed by atoms with E-state index in [0.29, 0.717) is 29.9 Å². The number of nitrogens with zero attached hydrogens (tertiary/aromatic N) is 1. The third kappa shape index (κ3) is 2.66. The van der Waals surface area contributed by atoms with Crippen LogP contribution in [0.4, 0.5) is 8.78 Å². The zero-order valence-electron chi connectivity index (χ0n) is 15.6. The second-order valence-electron chi connectivity index (χ2n) is 7.65. The van der Waals surface area contributed by atoms with E-state index in [1.54, 1.807) is 12.3 Å². The lowest BCUT2D eigenvalue weighted by Gasteiger charge is -2.44. The number of aromatic nitrogens is 2. The predicted molar refractivity (Wildman–Crippen MR) is 101 cm³/mol. The van der Waals surface area contributed by atoms with Gasteiger partial charge in [0.1, 0.15) is 22.9 Å². The fourth-order valence-electron chi connectivity index (χ4n) is 4.38. The van der Waals surface area contributed by atoms with E-state index in [1.165, 1.54) is 12.1 Å². The van der Waals surface area contributed by atoms with Gasteiger partial charge in [0.25, 0.3) is 0 Å². The molecule has 1 aliphatic heterocycles. The monoisotopic (exact) mass is 371 g/mol. The SMILES string of the molecule is Cc1c[nH]c2nccc(-c3cc(F)c(C4(O)[C@H](C)CNC[C@@H]4C)c(F)c3)c12. The van der Waals surface area contributed by atoms with E-state index in [9.17, 15) is 5.11 Å². The average molecular weight is 371 g/mol. The van der Waals surface area contributed by atoms with Gasteiger partial charge in [-0.25, -0.2) is 13.8 Å². The molecule has 3 aromatic rings. The molecule has 2 aromatic heterocycles. The van der Waals surface area contributed by atoms with Crippen LogP contribution in [-0.4, -0.2) is 28.2 Å². The number of hydrogen-bond acceptors (Lipinski definition) is 3. The first-order valence-corrected chi connectivity index (χ1v) is 9.19. The maximum Gasteiger partial charge on any atom is 0.138 e. The van der Waals surface area contributed by atoms with E-state index in [1.807, 2.05) is 27.0 Å². The average Bonchev–Trinajstić information content (AvgIpc) is 3.00. The number of hydrogen-bond donors (Lipinski definition) is 3. The molecule has 0 spiro atoms. The number of aryl methyl sites for hydroxylation is 1. The summed E-state index contributed by atoms with van der Waals surface area (Å²) in [5, 5.41) is 15.3. The van der Waals surface area contributed by atoms with Crippen molar-refractivity contribution in [3.63, 3.8) is 0 Å². The Balaban J connectivity index is 1.89. The van der Waals surface area contributed by atoms with Crippen molar-refractivity contribution >= 4 is 11.0 Å². The predicted octanol–water partition coefficient (Wildman–Crippen LogP) is 3.88. The van der Waals surface area contributed by atoms with Gasteiger partial charge in [-0.05, 0) is 41.8 Å². The fraction of sp³-hybridized carbons (Fsp3) is 0.381. The van der Waals surface area contributed by atoms with Gasteiger partial charge in [0.05, 0.1) is 5.56 Å². The van der Waals surface area contributed by atoms with Crippen molar-refractivity contribution in [3.8, 4) is 11.1 Å². The molecule has 0 amide bonds. The molecule has 142 valence electrons. The zero-order chi connectivity index (χ0) is 19.3. The quantitative estimate of drug-likeness (QED) is 0.641. The minimum atomic E-state index is -1.55. The van der Waals surface area contributed by atoms with Gasteiger partial charge >= 0.3 is 0 Å². The van der Waals surface area contributed by atoms with Crippen molar-refractivity contribution in [2.45, 2.75) is 26.4 Å². The Morgan fingerprint density at radius 1 is 1.15 bits per heavy atom. The van der Waals surface area contributed by atoms with Crippen LogP contribution in [0, 0.1) is 30.4 Å². The highest BCUT2D eigenvalue weighted by molar-refractivity contribution is 5.95. The highest BCUT2D eigenvalue weighted by Crippen LogP contribution is 2.43. The molecule has 3 N–H and O–H groups in total. The molecule has 0 bridgehead atoms. The summed E-state index contributed by atoms with van der Waals surface area (Å²) in [6.07, 6.45) is 3.44. The van der Waals surface area contributed by atoms with Crippen LogP contribution >= 0.6 is 0 Å². The van der Waals surface area contributed by atoms with Crippen LogP contribution in [0.15, 0.2) is 30.6 Å². The van der Waals surface area contributed by atoms with E-state index < -0.39 is 17.2 Å².